The van der Waals surface area contributed by atoms with Crippen molar-refractivity contribution in [1.29, 1.82) is 0 Å². The van der Waals surface area contributed by atoms with Gasteiger partial charge in [0.15, 0.2) is 5.78 Å². The van der Waals surface area contributed by atoms with Crippen molar-refractivity contribution in [2.75, 3.05) is 0 Å². The summed E-state index contributed by atoms with van der Waals surface area (Å²) in [6.45, 7) is 1.81. The normalized spacial score (nSPS) is 10.4. The van der Waals surface area contributed by atoms with E-state index in [0.717, 1.165) is 17.7 Å². The first-order chi connectivity index (χ1) is 6.61. The fourth-order valence-corrected chi connectivity index (χ4v) is 1.09. The highest BCUT2D eigenvalue weighted by molar-refractivity contribution is 6.07. The molecule has 0 amide bonds. The molecule has 3 heteroatoms. The van der Waals surface area contributed by atoms with E-state index in [4.69, 9.17) is 5.11 Å². The van der Waals surface area contributed by atoms with Gasteiger partial charge in [-0.1, -0.05) is 24.3 Å². The Morgan fingerprint density at radius 3 is 2.43 bits per heavy atom. The van der Waals surface area contributed by atoms with Gasteiger partial charge in [0.2, 0.25) is 0 Å². The summed E-state index contributed by atoms with van der Waals surface area (Å²) in [4.78, 5) is 21.6. The molecule has 0 aliphatic heterocycles. The molecule has 0 aliphatic carbocycles. The van der Waals surface area contributed by atoms with Crippen molar-refractivity contribution >= 4 is 11.8 Å². The van der Waals surface area contributed by atoms with Crippen molar-refractivity contribution in [3.63, 3.8) is 0 Å². The van der Waals surface area contributed by atoms with Crippen LogP contribution < -0.4 is 0 Å². The van der Waals surface area contributed by atoms with Crippen molar-refractivity contribution in [2.24, 2.45) is 0 Å². The zero-order valence-corrected chi connectivity index (χ0v) is 7.73. The third-order valence-corrected chi connectivity index (χ3v) is 1.79. The lowest BCUT2D eigenvalue weighted by Gasteiger charge is -1.99. The Kier molecular flexibility index (Phi) is 3.18. The minimum atomic E-state index is -1.12. The molecule has 0 heterocycles. The maximum atomic E-state index is 11.4. The second-order valence-electron chi connectivity index (χ2n) is 2.85. The number of carbonyl (C=O) groups excluding carboxylic acids is 1. The summed E-state index contributed by atoms with van der Waals surface area (Å²) in [5, 5.41) is 8.34. The van der Waals surface area contributed by atoms with Crippen LogP contribution in [-0.4, -0.2) is 16.9 Å². The summed E-state index contributed by atoms with van der Waals surface area (Å²) in [7, 11) is 0. The minimum Gasteiger partial charge on any atom is -0.478 e. The lowest BCUT2D eigenvalue weighted by molar-refractivity contribution is -0.131. The van der Waals surface area contributed by atoms with Gasteiger partial charge < -0.3 is 5.11 Å². The number of carbonyl (C=O) groups is 2. The van der Waals surface area contributed by atoms with E-state index in [-0.39, 0.29) is 5.78 Å². The fourth-order valence-electron chi connectivity index (χ4n) is 1.09. The van der Waals surface area contributed by atoms with Gasteiger partial charge in [-0.25, -0.2) is 4.79 Å². The van der Waals surface area contributed by atoms with Crippen LogP contribution in [0.15, 0.2) is 36.4 Å². The van der Waals surface area contributed by atoms with Crippen molar-refractivity contribution in [1.82, 2.24) is 0 Å². The van der Waals surface area contributed by atoms with E-state index in [1.807, 2.05) is 19.1 Å². The number of hydrogen-bond donors (Lipinski definition) is 1. The Morgan fingerprint density at radius 1 is 1.21 bits per heavy atom. The Labute approximate surface area is 81.7 Å². The maximum absolute atomic E-state index is 11.4. The largest absolute Gasteiger partial charge is 0.478 e. The van der Waals surface area contributed by atoms with Crippen LogP contribution in [0.4, 0.5) is 0 Å². The molecule has 0 spiro atoms. The molecule has 0 fully saturated rings. The number of carboxylic acid groups (broad SMARTS) is 1. The van der Waals surface area contributed by atoms with Crippen LogP contribution >= 0.6 is 0 Å². The van der Waals surface area contributed by atoms with Crippen LogP contribution in [0.2, 0.25) is 0 Å². The maximum Gasteiger partial charge on any atom is 0.328 e. The fraction of sp³-hybridized carbons (Fsp3) is 0.0909. The molecule has 1 aromatic rings. The van der Waals surface area contributed by atoms with E-state index in [9.17, 15) is 9.59 Å². The predicted molar refractivity (Wildman–Crippen MR) is 52.3 cm³/mol. The molecular weight excluding hydrogens is 180 g/mol. The second kappa shape index (κ2) is 4.37. The Bertz CT molecular complexity index is 391. The highest BCUT2D eigenvalue weighted by Crippen LogP contribution is 2.08. The van der Waals surface area contributed by atoms with Gasteiger partial charge in [-0.2, -0.15) is 0 Å². The number of carboxylic acids is 1. The molecule has 0 unspecified atom stereocenters. The molecule has 0 saturated heterocycles. The topological polar surface area (TPSA) is 54.4 Å². The average Bonchev–Trinajstić information content (AvgIpc) is 2.15. The zero-order chi connectivity index (χ0) is 10.6. The van der Waals surface area contributed by atoms with Gasteiger partial charge in [-0.05, 0) is 18.6 Å². The first-order valence-corrected chi connectivity index (χ1v) is 4.12. The van der Waals surface area contributed by atoms with E-state index in [1.165, 1.54) is 0 Å². The van der Waals surface area contributed by atoms with Crippen LogP contribution in [0.3, 0.4) is 0 Å². The molecule has 0 radical (unpaired) electrons. The van der Waals surface area contributed by atoms with Crippen molar-refractivity contribution in [3.05, 3.63) is 47.5 Å². The van der Waals surface area contributed by atoms with E-state index in [1.54, 1.807) is 12.1 Å². The average molecular weight is 190 g/mol. The van der Waals surface area contributed by atoms with Gasteiger partial charge in [0.25, 0.3) is 0 Å². The quantitative estimate of drug-likeness (QED) is 0.584. The van der Waals surface area contributed by atoms with E-state index in [0.29, 0.717) is 5.56 Å². The predicted octanol–water partition coefficient (Wildman–Crippen LogP) is 1.82. The Balaban J connectivity index is 2.91. The van der Waals surface area contributed by atoms with Gasteiger partial charge in [0, 0.05) is 11.6 Å². The third-order valence-electron chi connectivity index (χ3n) is 1.79. The minimum absolute atomic E-state index is 0.287. The van der Waals surface area contributed by atoms with E-state index < -0.39 is 5.97 Å². The van der Waals surface area contributed by atoms with Crippen molar-refractivity contribution < 1.29 is 14.7 Å². The SMILES string of the molecule is Cc1ccccc1C(=O)C=CC(=O)O. The van der Waals surface area contributed by atoms with Gasteiger partial charge in [0.05, 0.1) is 0 Å². The zero-order valence-electron chi connectivity index (χ0n) is 7.73. The number of aryl methyl sites for hydroxylation is 1. The number of rotatable bonds is 3. The van der Waals surface area contributed by atoms with Crippen molar-refractivity contribution in [3.8, 4) is 0 Å². The first kappa shape index (κ1) is 10.2. The molecule has 72 valence electrons. The molecule has 14 heavy (non-hydrogen) atoms. The molecular formula is C11H10O3. The monoisotopic (exact) mass is 190 g/mol. The molecule has 3 nitrogen and oxygen atoms in total. The lowest BCUT2D eigenvalue weighted by Crippen LogP contribution is -1.98. The highest BCUT2D eigenvalue weighted by Gasteiger charge is 2.04. The molecule has 1 N–H and O–H groups in total. The molecule has 0 aliphatic rings. The number of hydrogen-bond acceptors (Lipinski definition) is 2. The number of benzene rings is 1. The van der Waals surface area contributed by atoms with Crippen LogP contribution in [0.5, 0.6) is 0 Å². The summed E-state index contributed by atoms with van der Waals surface area (Å²) in [6.07, 6.45) is 1.90. The Hall–Kier alpha value is -1.90. The van der Waals surface area contributed by atoms with Gasteiger partial charge in [0.1, 0.15) is 0 Å². The molecule has 1 rings (SSSR count). The highest BCUT2D eigenvalue weighted by atomic mass is 16.4. The lowest BCUT2D eigenvalue weighted by atomic mass is 10.0. The summed E-state index contributed by atoms with van der Waals surface area (Å²) in [6, 6.07) is 7.05. The smallest absolute Gasteiger partial charge is 0.328 e. The van der Waals surface area contributed by atoms with Gasteiger partial charge >= 0.3 is 5.97 Å². The molecule has 0 saturated carbocycles. The first-order valence-electron chi connectivity index (χ1n) is 4.12. The number of aliphatic carboxylic acids is 1. The summed E-state index contributed by atoms with van der Waals surface area (Å²) in [5.74, 6) is -1.41. The van der Waals surface area contributed by atoms with Crippen molar-refractivity contribution in [2.45, 2.75) is 6.92 Å². The van der Waals surface area contributed by atoms with Crippen LogP contribution in [0.1, 0.15) is 15.9 Å². The van der Waals surface area contributed by atoms with Crippen LogP contribution in [-0.2, 0) is 4.79 Å². The number of allylic oxidation sites excluding steroid dienone is 1. The van der Waals surface area contributed by atoms with E-state index in [2.05, 4.69) is 0 Å². The third kappa shape index (κ3) is 2.55. The van der Waals surface area contributed by atoms with E-state index >= 15 is 0 Å². The molecule has 1 aromatic carbocycles. The molecule has 0 bridgehead atoms. The van der Waals surface area contributed by atoms with Gasteiger partial charge in [-0.15, -0.1) is 0 Å². The summed E-state index contributed by atoms with van der Waals surface area (Å²) >= 11 is 0. The van der Waals surface area contributed by atoms with Crippen LogP contribution in [0.25, 0.3) is 0 Å². The second-order valence-corrected chi connectivity index (χ2v) is 2.85. The van der Waals surface area contributed by atoms with Gasteiger partial charge in [-0.3, -0.25) is 4.79 Å². The Morgan fingerprint density at radius 2 is 1.86 bits per heavy atom. The summed E-state index contributed by atoms with van der Waals surface area (Å²) < 4.78 is 0. The molecule has 0 aromatic heterocycles. The van der Waals surface area contributed by atoms with Crippen LogP contribution in [0, 0.1) is 6.92 Å². The standard InChI is InChI=1S/C11H10O3/c1-8-4-2-3-5-9(8)10(12)6-7-11(13)14/h2-7H,1H3,(H,13,14). The molecule has 0 atom stereocenters. The number of ketones is 1. The summed E-state index contributed by atoms with van der Waals surface area (Å²) in [5.41, 5.74) is 1.37.